The van der Waals surface area contributed by atoms with E-state index in [1.807, 2.05) is 78.9 Å². The van der Waals surface area contributed by atoms with E-state index < -0.39 is 0 Å². The van der Waals surface area contributed by atoms with Crippen molar-refractivity contribution in [3.8, 4) is 5.69 Å². The third-order valence-electron chi connectivity index (χ3n) is 8.21. The van der Waals surface area contributed by atoms with Crippen LogP contribution in [0.3, 0.4) is 0 Å². The van der Waals surface area contributed by atoms with Gasteiger partial charge in [0.1, 0.15) is 0 Å². The van der Waals surface area contributed by atoms with Gasteiger partial charge in [-0.15, -0.1) is 0 Å². The maximum absolute atomic E-state index is 13.3. The SMILES string of the molecule is Cc1c([C@@H]2[C@H](c3ccccn3)NC(=S)N2CCC(=O)Nc2cccc3ccccc23)c(C)n(-c2cccc(Cl)c2)c1C. The molecule has 6 nitrogen and oxygen atoms in total. The minimum absolute atomic E-state index is 0.0599. The fourth-order valence-corrected chi connectivity index (χ4v) is 6.69. The molecule has 8 heteroatoms. The monoisotopic (exact) mass is 593 g/mol. The maximum atomic E-state index is 13.3. The molecule has 2 N–H and O–H groups in total. The Kier molecular flexibility index (Phi) is 7.71. The van der Waals surface area contributed by atoms with Crippen LogP contribution in [0.5, 0.6) is 0 Å². The number of pyridine rings is 1. The van der Waals surface area contributed by atoms with Gasteiger partial charge in [-0.25, -0.2) is 0 Å². The quantitative estimate of drug-likeness (QED) is 0.190. The molecule has 1 amide bonds. The third kappa shape index (κ3) is 5.14. The molecule has 3 aromatic carbocycles. The van der Waals surface area contributed by atoms with Crippen LogP contribution >= 0.6 is 23.8 Å². The predicted octanol–water partition coefficient (Wildman–Crippen LogP) is 7.61. The van der Waals surface area contributed by atoms with E-state index in [1.165, 1.54) is 11.1 Å². The molecule has 2 aromatic heterocycles. The fraction of sp³-hybridized carbons (Fsp3) is 0.206. The molecule has 0 spiro atoms. The van der Waals surface area contributed by atoms with Crippen molar-refractivity contribution in [1.29, 1.82) is 0 Å². The van der Waals surface area contributed by atoms with Crippen LogP contribution in [-0.4, -0.2) is 32.0 Å². The van der Waals surface area contributed by atoms with Crippen molar-refractivity contribution in [2.45, 2.75) is 39.3 Å². The molecule has 2 atom stereocenters. The number of hydrogen-bond acceptors (Lipinski definition) is 3. The summed E-state index contributed by atoms with van der Waals surface area (Å²) in [5, 5.41) is 10.1. The highest BCUT2D eigenvalue weighted by Crippen LogP contribution is 2.43. The van der Waals surface area contributed by atoms with Crippen molar-refractivity contribution in [2.75, 3.05) is 11.9 Å². The van der Waals surface area contributed by atoms with E-state index in [2.05, 4.69) is 46.9 Å². The van der Waals surface area contributed by atoms with Crippen LogP contribution in [-0.2, 0) is 4.79 Å². The number of nitrogens with zero attached hydrogens (tertiary/aromatic N) is 3. The van der Waals surface area contributed by atoms with Crippen LogP contribution in [0, 0.1) is 20.8 Å². The lowest BCUT2D eigenvalue weighted by molar-refractivity contribution is -0.116. The number of amides is 1. The second-order valence-corrected chi connectivity index (χ2v) is 11.5. The second-order valence-electron chi connectivity index (χ2n) is 10.7. The van der Waals surface area contributed by atoms with Crippen LogP contribution in [0.2, 0.25) is 5.02 Å². The van der Waals surface area contributed by atoms with Gasteiger partial charge in [-0.1, -0.05) is 60.1 Å². The van der Waals surface area contributed by atoms with Crippen LogP contribution in [0.15, 0.2) is 91.1 Å². The van der Waals surface area contributed by atoms with Crippen molar-refractivity contribution in [2.24, 2.45) is 0 Å². The molecule has 1 saturated heterocycles. The zero-order valence-electron chi connectivity index (χ0n) is 23.8. The van der Waals surface area contributed by atoms with Crippen LogP contribution < -0.4 is 10.6 Å². The minimum atomic E-state index is -0.174. The predicted molar refractivity (Wildman–Crippen MR) is 174 cm³/mol. The molecule has 1 aliphatic rings. The summed E-state index contributed by atoms with van der Waals surface area (Å²) in [6, 6.07) is 27.5. The molecule has 0 aliphatic carbocycles. The van der Waals surface area contributed by atoms with Crippen LogP contribution in [0.25, 0.3) is 16.5 Å². The lowest BCUT2D eigenvalue weighted by Crippen LogP contribution is -2.33. The number of anilines is 1. The summed E-state index contributed by atoms with van der Waals surface area (Å²) >= 11 is 12.3. The summed E-state index contributed by atoms with van der Waals surface area (Å²) in [5.41, 5.74) is 7.31. The summed E-state index contributed by atoms with van der Waals surface area (Å²) in [6.45, 7) is 6.88. The van der Waals surface area contributed by atoms with Gasteiger partial charge in [-0.3, -0.25) is 9.78 Å². The smallest absolute Gasteiger partial charge is 0.226 e. The highest BCUT2D eigenvalue weighted by Gasteiger charge is 2.42. The number of aromatic nitrogens is 2. The van der Waals surface area contributed by atoms with Gasteiger partial charge in [0.2, 0.25) is 5.91 Å². The van der Waals surface area contributed by atoms with Crippen molar-refractivity contribution >= 4 is 51.3 Å². The summed E-state index contributed by atoms with van der Waals surface area (Å²) < 4.78 is 2.25. The Morgan fingerprint density at radius 3 is 2.52 bits per heavy atom. The van der Waals surface area contributed by atoms with Gasteiger partial charge in [-0.05, 0) is 80.3 Å². The van der Waals surface area contributed by atoms with E-state index in [0.717, 1.165) is 39.2 Å². The number of hydrogen-bond donors (Lipinski definition) is 2. The maximum Gasteiger partial charge on any atom is 0.226 e. The number of halogens is 1. The fourth-order valence-electron chi connectivity index (χ4n) is 6.17. The molecule has 0 unspecified atom stereocenters. The second kappa shape index (κ2) is 11.6. The lowest BCUT2D eigenvalue weighted by Gasteiger charge is -2.29. The molecule has 5 aromatic rings. The third-order valence-corrected chi connectivity index (χ3v) is 8.80. The average molecular weight is 594 g/mol. The number of thiocarbonyl (C=S) groups is 1. The Morgan fingerprint density at radius 2 is 1.74 bits per heavy atom. The summed E-state index contributed by atoms with van der Waals surface area (Å²) in [6.07, 6.45) is 2.09. The Bertz CT molecular complexity index is 1800. The van der Waals surface area contributed by atoms with Gasteiger partial charge >= 0.3 is 0 Å². The Balaban J connectivity index is 1.34. The van der Waals surface area contributed by atoms with E-state index in [1.54, 1.807) is 6.20 Å². The van der Waals surface area contributed by atoms with Gasteiger partial charge in [-0.2, -0.15) is 0 Å². The Hall–Kier alpha value is -4.20. The van der Waals surface area contributed by atoms with Gasteiger partial charge < -0.3 is 20.1 Å². The van der Waals surface area contributed by atoms with Crippen molar-refractivity contribution < 1.29 is 4.79 Å². The number of fused-ring (bicyclic) bond motifs is 1. The zero-order chi connectivity index (χ0) is 29.4. The first-order chi connectivity index (χ1) is 20.3. The first-order valence-corrected chi connectivity index (χ1v) is 14.8. The first kappa shape index (κ1) is 27.9. The van der Waals surface area contributed by atoms with E-state index in [4.69, 9.17) is 28.8 Å². The molecule has 1 aliphatic heterocycles. The molecule has 0 radical (unpaired) electrons. The van der Waals surface area contributed by atoms with E-state index in [9.17, 15) is 4.79 Å². The van der Waals surface area contributed by atoms with Gasteiger partial charge in [0.15, 0.2) is 5.11 Å². The molecule has 0 saturated carbocycles. The largest absolute Gasteiger partial charge is 0.352 e. The van der Waals surface area contributed by atoms with E-state index >= 15 is 0 Å². The number of benzene rings is 3. The zero-order valence-corrected chi connectivity index (χ0v) is 25.3. The van der Waals surface area contributed by atoms with Crippen LogP contribution in [0.1, 0.15) is 46.7 Å². The summed E-state index contributed by atoms with van der Waals surface area (Å²) in [5.74, 6) is -0.0599. The minimum Gasteiger partial charge on any atom is -0.352 e. The molecule has 6 rings (SSSR count). The molecule has 42 heavy (non-hydrogen) atoms. The number of carbonyl (C=O) groups is 1. The molecule has 212 valence electrons. The molecular formula is C34H32ClN5OS. The van der Waals surface area contributed by atoms with Crippen molar-refractivity contribution in [3.63, 3.8) is 0 Å². The number of nitrogens with one attached hydrogen (secondary N) is 2. The molecule has 0 bridgehead atoms. The number of carbonyl (C=O) groups excluding carboxylic acids is 1. The highest BCUT2D eigenvalue weighted by molar-refractivity contribution is 7.80. The van der Waals surface area contributed by atoms with Gasteiger partial charge in [0, 0.05) is 57.9 Å². The first-order valence-electron chi connectivity index (χ1n) is 14.0. The normalized spacial score (nSPS) is 16.6. The lowest BCUT2D eigenvalue weighted by atomic mass is 9.93. The molecular weight excluding hydrogens is 562 g/mol. The molecule has 1 fully saturated rings. The Labute approximate surface area is 256 Å². The van der Waals surface area contributed by atoms with Gasteiger partial charge in [0.05, 0.1) is 17.8 Å². The summed E-state index contributed by atoms with van der Waals surface area (Å²) in [7, 11) is 0. The van der Waals surface area contributed by atoms with E-state index in [-0.39, 0.29) is 24.4 Å². The number of rotatable bonds is 7. The Morgan fingerprint density at radius 1 is 0.976 bits per heavy atom. The van der Waals surface area contributed by atoms with Crippen LogP contribution in [0.4, 0.5) is 5.69 Å². The molecule has 3 heterocycles. The standard InChI is InChI=1S/C34H32ClN5OS/c1-21-22(2)40(26-13-9-12-25(35)20-26)23(3)31(21)33-32(29-15-6-7-18-36-29)38-34(42)39(33)19-17-30(41)37-28-16-8-11-24-10-4-5-14-27(24)28/h4-16,18,20,32-33H,17,19H2,1-3H3,(H,37,41)(H,38,42)/t32-,33+/m0/s1. The average Bonchev–Trinajstić information content (AvgIpc) is 3.43. The van der Waals surface area contributed by atoms with E-state index in [0.29, 0.717) is 16.7 Å². The van der Waals surface area contributed by atoms with Crippen molar-refractivity contribution in [1.82, 2.24) is 19.8 Å². The summed E-state index contributed by atoms with van der Waals surface area (Å²) in [4.78, 5) is 20.1. The highest BCUT2D eigenvalue weighted by atomic mass is 35.5. The van der Waals surface area contributed by atoms with Gasteiger partial charge in [0.25, 0.3) is 0 Å². The topological polar surface area (TPSA) is 62.2 Å². The van der Waals surface area contributed by atoms with Crippen molar-refractivity contribution in [3.05, 3.63) is 124 Å².